The summed E-state index contributed by atoms with van der Waals surface area (Å²) in [7, 11) is 1.75. The summed E-state index contributed by atoms with van der Waals surface area (Å²) in [5.41, 5.74) is 1.59. The second-order valence-electron chi connectivity index (χ2n) is 7.45. The van der Waals surface area contributed by atoms with Gasteiger partial charge >= 0.3 is 6.03 Å². The first-order chi connectivity index (χ1) is 13.0. The number of amides is 3. The molecular formula is C20H31N4O2S+. The lowest BCUT2D eigenvalue weighted by molar-refractivity contribution is -0.896. The SMILES string of the molecule is CC[NH+](CC)CCC[C@@H](C)N1CC2=C(C1=O)[C@@H](c1cccs1)NC(=O)N2C. The van der Waals surface area contributed by atoms with Gasteiger partial charge in [0.05, 0.1) is 43.5 Å². The van der Waals surface area contributed by atoms with E-state index in [0.717, 1.165) is 48.6 Å². The summed E-state index contributed by atoms with van der Waals surface area (Å²) in [5, 5.41) is 4.97. The van der Waals surface area contributed by atoms with Crippen molar-refractivity contribution in [1.29, 1.82) is 0 Å². The Morgan fingerprint density at radius 2 is 2.07 bits per heavy atom. The van der Waals surface area contributed by atoms with E-state index < -0.39 is 0 Å². The van der Waals surface area contributed by atoms with Crippen LogP contribution in [-0.2, 0) is 4.79 Å². The Hall–Kier alpha value is -1.86. The molecule has 0 bridgehead atoms. The summed E-state index contributed by atoms with van der Waals surface area (Å²) >= 11 is 1.57. The van der Waals surface area contributed by atoms with Crippen molar-refractivity contribution < 1.29 is 14.5 Å². The van der Waals surface area contributed by atoms with Gasteiger partial charge in [-0.25, -0.2) is 4.79 Å². The molecule has 148 valence electrons. The topological polar surface area (TPSA) is 57.1 Å². The maximum atomic E-state index is 13.2. The molecule has 0 saturated heterocycles. The van der Waals surface area contributed by atoms with E-state index in [2.05, 4.69) is 26.1 Å². The Balaban J connectivity index is 1.72. The average molecular weight is 392 g/mol. The zero-order chi connectivity index (χ0) is 19.6. The molecule has 0 aliphatic carbocycles. The number of thiophene rings is 1. The maximum Gasteiger partial charge on any atom is 0.322 e. The van der Waals surface area contributed by atoms with Crippen LogP contribution >= 0.6 is 11.3 Å². The molecular weight excluding hydrogens is 360 g/mol. The van der Waals surface area contributed by atoms with Crippen LogP contribution in [0.1, 0.15) is 44.5 Å². The lowest BCUT2D eigenvalue weighted by Gasteiger charge is -2.30. The van der Waals surface area contributed by atoms with Crippen LogP contribution < -0.4 is 10.2 Å². The Morgan fingerprint density at radius 1 is 1.33 bits per heavy atom. The highest BCUT2D eigenvalue weighted by Crippen LogP contribution is 2.38. The van der Waals surface area contributed by atoms with Crippen molar-refractivity contribution in [1.82, 2.24) is 15.1 Å². The number of nitrogens with one attached hydrogen (secondary N) is 2. The number of quaternary nitrogens is 1. The summed E-state index contributed by atoms with van der Waals surface area (Å²) in [5.74, 6) is 0.0675. The lowest BCUT2D eigenvalue weighted by atomic mass is 10.0. The van der Waals surface area contributed by atoms with Crippen molar-refractivity contribution in [2.75, 3.05) is 33.2 Å². The van der Waals surface area contributed by atoms with Gasteiger partial charge < -0.3 is 15.1 Å². The van der Waals surface area contributed by atoms with Crippen LogP contribution in [0.3, 0.4) is 0 Å². The van der Waals surface area contributed by atoms with Crippen LogP contribution in [0.2, 0.25) is 0 Å². The molecule has 2 atom stereocenters. The van der Waals surface area contributed by atoms with Crippen molar-refractivity contribution in [2.45, 2.75) is 45.7 Å². The van der Waals surface area contributed by atoms with Gasteiger partial charge in [-0.1, -0.05) is 6.07 Å². The predicted molar refractivity (Wildman–Crippen MR) is 108 cm³/mol. The molecule has 0 radical (unpaired) electrons. The monoisotopic (exact) mass is 391 g/mol. The van der Waals surface area contributed by atoms with E-state index in [4.69, 9.17) is 0 Å². The summed E-state index contributed by atoms with van der Waals surface area (Å²) in [6.07, 6.45) is 2.10. The molecule has 3 heterocycles. The Labute approximate surface area is 165 Å². The molecule has 2 N–H and O–H groups in total. The second kappa shape index (κ2) is 8.44. The Kier molecular flexibility index (Phi) is 6.22. The van der Waals surface area contributed by atoms with Crippen LogP contribution in [-0.4, -0.2) is 61.0 Å². The number of hydrogen-bond acceptors (Lipinski definition) is 3. The van der Waals surface area contributed by atoms with E-state index in [1.54, 1.807) is 28.2 Å². The third-order valence-corrected chi connectivity index (χ3v) is 6.84. The zero-order valence-electron chi connectivity index (χ0n) is 16.7. The molecule has 1 aromatic heterocycles. The first kappa shape index (κ1) is 19.9. The average Bonchev–Trinajstić information content (AvgIpc) is 3.30. The summed E-state index contributed by atoms with van der Waals surface area (Å²) in [6.45, 7) is 10.5. The van der Waals surface area contributed by atoms with E-state index in [1.807, 2.05) is 22.4 Å². The molecule has 2 aliphatic rings. The molecule has 0 saturated carbocycles. The quantitative estimate of drug-likeness (QED) is 0.708. The van der Waals surface area contributed by atoms with Crippen LogP contribution in [0.15, 0.2) is 28.8 Å². The molecule has 0 aromatic carbocycles. The minimum Gasteiger partial charge on any atom is -0.335 e. The maximum absolute atomic E-state index is 13.2. The van der Waals surface area contributed by atoms with Gasteiger partial charge in [0.15, 0.2) is 0 Å². The second-order valence-corrected chi connectivity index (χ2v) is 8.43. The highest BCUT2D eigenvalue weighted by Gasteiger charge is 2.44. The van der Waals surface area contributed by atoms with Crippen LogP contribution in [0.25, 0.3) is 0 Å². The molecule has 2 aliphatic heterocycles. The molecule has 7 heteroatoms. The predicted octanol–water partition coefficient (Wildman–Crippen LogP) is 1.63. The van der Waals surface area contributed by atoms with Crippen molar-refractivity contribution in [3.05, 3.63) is 33.7 Å². The molecule has 1 aromatic rings. The van der Waals surface area contributed by atoms with Crippen LogP contribution in [0, 0.1) is 0 Å². The molecule has 3 rings (SSSR count). The molecule has 6 nitrogen and oxygen atoms in total. The van der Waals surface area contributed by atoms with E-state index in [1.165, 1.54) is 0 Å². The van der Waals surface area contributed by atoms with Gasteiger partial charge in [-0.15, -0.1) is 11.3 Å². The molecule has 0 spiro atoms. The van der Waals surface area contributed by atoms with Gasteiger partial charge in [0, 0.05) is 18.0 Å². The van der Waals surface area contributed by atoms with E-state index >= 15 is 0 Å². The normalized spacial score (nSPS) is 21.1. The fourth-order valence-corrected chi connectivity index (χ4v) is 4.80. The van der Waals surface area contributed by atoms with Crippen molar-refractivity contribution in [3.63, 3.8) is 0 Å². The van der Waals surface area contributed by atoms with Gasteiger partial charge in [0.25, 0.3) is 5.91 Å². The third kappa shape index (κ3) is 3.89. The van der Waals surface area contributed by atoms with Gasteiger partial charge in [-0.2, -0.15) is 0 Å². The van der Waals surface area contributed by atoms with Gasteiger partial charge in [0.2, 0.25) is 0 Å². The first-order valence-electron chi connectivity index (χ1n) is 9.93. The van der Waals surface area contributed by atoms with E-state index in [-0.39, 0.29) is 24.0 Å². The molecule has 0 unspecified atom stereocenters. The van der Waals surface area contributed by atoms with E-state index in [0.29, 0.717) is 6.54 Å². The Bertz CT molecular complexity index is 712. The number of urea groups is 1. The molecule has 0 fully saturated rings. The highest BCUT2D eigenvalue weighted by atomic mass is 32.1. The summed E-state index contributed by atoms with van der Waals surface area (Å²) in [6, 6.07) is 3.65. The van der Waals surface area contributed by atoms with Crippen molar-refractivity contribution in [2.24, 2.45) is 0 Å². The number of nitrogens with zero attached hydrogens (tertiary/aromatic N) is 2. The van der Waals surface area contributed by atoms with Gasteiger partial charge in [-0.3, -0.25) is 9.69 Å². The zero-order valence-corrected chi connectivity index (χ0v) is 17.6. The number of carbonyl (C=O) groups excluding carboxylic acids is 2. The largest absolute Gasteiger partial charge is 0.335 e. The number of likely N-dealkylation sites (N-methyl/N-ethyl adjacent to an activating group) is 1. The number of rotatable bonds is 8. The minimum absolute atomic E-state index is 0.0675. The van der Waals surface area contributed by atoms with Gasteiger partial charge in [0.1, 0.15) is 0 Å². The number of hydrogen-bond donors (Lipinski definition) is 2. The minimum atomic E-state index is -0.325. The third-order valence-electron chi connectivity index (χ3n) is 5.90. The smallest absolute Gasteiger partial charge is 0.322 e. The fraction of sp³-hybridized carbons (Fsp3) is 0.600. The lowest BCUT2D eigenvalue weighted by Crippen LogP contribution is -3.11. The van der Waals surface area contributed by atoms with Gasteiger partial charge in [-0.05, 0) is 45.1 Å². The fourth-order valence-electron chi connectivity index (χ4n) is 4.02. The summed E-state index contributed by atoms with van der Waals surface area (Å²) in [4.78, 5) is 31.8. The van der Waals surface area contributed by atoms with Crippen molar-refractivity contribution in [3.8, 4) is 0 Å². The van der Waals surface area contributed by atoms with Crippen molar-refractivity contribution >= 4 is 23.3 Å². The Morgan fingerprint density at radius 3 is 2.70 bits per heavy atom. The van der Waals surface area contributed by atoms with Crippen LogP contribution in [0.5, 0.6) is 0 Å². The first-order valence-corrected chi connectivity index (χ1v) is 10.8. The van der Waals surface area contributed by atoms with E-state index in [9.17, 15) is 9.59 Å². The van der Waals surface area contributed by atoms with Crippen LogP contribution in [0.4, 0.5) is 4.79 Å². The summed E-state index contributed by atoms with van der Waals surface area (Å²) < 4.78 is 0. The number of carbonyl (C=O) groups is 2. The molecule has 27 heavy (non-hydrogen) atoms. The molecule has 3 amide bonds. The highest BCUT2D eigenvalue weighted by molar-refractivity contribution is 7.10. The standard InChI is InChI=1S/C20H30N4O2S/c1-5-23(6-2)11-7-9-14(3)24-13-15-17(19(24)25)18(16-10-8-12-27-16)21-20(26)22(15)4/h8,10,12,14,18H,5-7,9,11,13H2,1-4H3,(H,21,26)/p+1/t14-,18-/m1/s1.